The van der Waals surface area contributed by atoms with Gasteiger partial charge in [0.25, 0.3) is 0 Å². The minimum absolute atomic E-state index is 0.437. The first-order valence-electron chi connectivity index (χ1n) is 8.63. The highest BCUT2D eigenvalue weighted by Gasteiger charge is 2.31. The molecule has 118 valence electrons. The molecule has 2 aliphatic rings. The monoisotopic (exact) mass is 353 g/mol. The summed E-state index contributed by atoms with van der Waals surface area (Å²) in [5, 5.41) is 8.38. The van der Waals surface area contributed by atoms with E-state index in [2.05, 4.69) is 44.9 Å². The van der Waals surface area contributed by atoms with Crippen LogP contribution >= 0.6 is 15.9 Å². The van der Waals surface area contributed by atoms with Crippen LogP contribution < -0.4 is 5.32 Å². The zero-order valence-electron chi connectivity index (χ0n) is 13.3. The van der Waals surface area contributed by atoms with Gasteiger partial charge < -0.3 is 5.32 Å². The summed E-state index contributed by atoms with van der Waals surface area (Å²) in [7, 11) is 0. The van der Waals surface area contributed by atoms with Gasteiger partial charge in [-0.2, -0.15) is 5.10 Å². The zero-order chi connectivity index (χ0) is 14.8. The van der Waals surface area contributed by atoms with E-state index in [9.17, 15) is 0 Å². The van der Waals surface area contributed by atoms with Crippen molar-refractivity contribution in [3.63, 3.8) is 0 Å². The Bertz CT molecular complexity index is 465. The van der Waals surface area contributed by atoms with Crippen LogP contribution in [0.4, 0.5) is 0 Å². The molecular weight excluding hydrogens is 326 g/mol. The van der Waals surface area contributed by atoms with Crippen molar-refractivity contribution in [2.24, 2.45) is 5.92 Å². The number of nitrogens with one attached hydrogen (secondary N) is 1. The molecule has 0 spiro atoms. The molecule has 3 nitrogen and oxygen atoms in total. The molecule has 4 heteroatoms. The third-order valence-electron chi connectivity index (χ3n) is 5.03. The molecule has 0 amide bonds. The van der Waals surface area contributed by atoms with Crippen molar-refractivity contribution >= 4 is 15.9 Å². The highest BCUT2D eigenvalue weighted by molar-refractivity contribution is 9.10. The molecule has 2 fully saturated rings. The maximum Gasteiger partial charge on any atom is 0.0635 e. The van der Waals surface area contributed by atoms with Crippen LogP contribution in [-0.4, -0.2) is 22.4 Å². The maximum atomic E-state index is 4.61. The summed E-state index contributed by atoms with van der Waals surface area (Å²) in [6.07, 6.45) is 11.6. The van der Waals surface area contributed by atoms with Gasteiger partial charge in [0.15, 0.2) is 0 Å². The third-order valence-corrected chi connectivity index (χ3v) is 5.64. The fourth-order valence-corrected chi connectivity index (χ4v) is 4.27. The smallest absolute Gasteiger partial charge is 0.0635 e. The van der Waals surface area contributed by atoms with E-state index < -0.39 is 0 Å². The Kier molecular flexibility index (Phi) is 5.05. The summed E-state index contributed by atoms with van der Waals surface area (Å²) in [6, 6.07) is 1.25. The molecule has 1 aromatic heterocycles. The average molecular weight is 354 g/mol. The summed E-state index contributed by atoms with van der Waals surface area (Å²) in [4.78, 5) is 0. The topological polar surface area (TPSA) is 29.9 Å². The molecule has 0 aliphatic heterocycles. The van der Waals surface area contributed by atoms with E-state index in [1.54, 1.807) is 0 Å². The first-order valence-corrected chi connectivity index (χ1v) is 9.42. The van der Waals surface area contributed by atoms with Crippen LogP contribution in [0.25, 0.3) is 0 Å². The van der Waals surface area contributed by atoms with Crippen LogP contribution in [0.15, 0.2) is 10.7 Å². The van der Waals surface area contributed by atoms with Crippen LogP contribution in [-0.2, 0) is 0 Å². The zero-order valence-corrected chi connectivity index (χ0v) is 14.9. The molecule has 1 heterocycles. The first-order chi connectivity index (χ1) is 10.2. The van der Waals surface area contributed by atoms with Crippen LogP contribution in [0.2, 0.25) is 0 Å². The fourth-order valence-electron chi connectivity index (χ4n) is 3.70. The Hall–Kier alpha value is -0.350. The molecule has 21 heavy (non-hydrogen) atoms. The second-order valence-corrected chi connectivity index (χ2v) is 7.96. The number of nitrogens with zero attached hydrogens (tertiary/aromatic N) is 2. The van der Waals surface area contributed by atoms with E-state index in [1.165, 1.54) is 61.7 Å². The molecule has 3 rings (SSSR count). The molecule has 1 N–H and O–H groups in total. The SMILES string of the molecule is CC(C)n1ncc(Br)c1C1CCCCCC1CNC1CC1. The Labute approximate surface area is 137 Å². The van der Waals surface area contributed by atoms with E-state index in [0.29, 0.717) is 12.0 Å². The van der Waals surface area contributed by atoms with Crippen LogP contribution in [0.1, 0.15) is 76.4 Å². The molecular formula is C17H28BrN3. The minimum atomic E-state index is 0.437. The van der Waals surface area contributed by atoms with Crippen molar-refractivity contribution in [2.45, 2.75) is 76.8 Å². The van der Waals surface area contributed by atoms with Gasteiger partial charge in [-0.15, -0.1) is 0 Å². The standard InChI is InChI=1S/C17H28BrN3/c1-12(2)21-17(16(18)11-20-21)15-7-5-3-4-6-13(15)10-19-14-8-9-14/h11-15,19H,3-10H2,1-2H3. The molecule has 2 atom stereocenters. The van der Waals surface area contributed by atoms with Crippen LogP contribution in [0.3, 0.4) is 0 Å². The Morgan fingerprint density at radius 2 is 2.00 bits per heavy atom. The van der Waals surface area contributed by atoms with E-state index >= 15 is 0 Å². The van der Waals surface area contributed by atoms with Gasteiger partial charge in [-0.05, 0) is 67.9 Å². The van der Waals surface area contributed by atoms with Crippen molar-refractivity contribution in [2.75, 3.05) is 6.54 Å². The van der Waals surface area contributed by atoms with Gasteiger partial charge in [0, 0.05) is 18.0 Å². The number of aromatic nitrogens is 2. The molecule has 0 saturated heterocycles. The lowest BCUT2D eigenvalue weighted by Gasteiger charge is -2.28. The van der Waals surface area contributed by atoms with Gasteiger partial charge in [0.2, 0.25) is 0 Å². The fraction of sp³-hybridized carbons (Fsp3) is 0.824. The summed E-state index contributed by atoms with van der Waals surface area (Å²) >= 11 is 3.76. The molecule has 0 radical (unpaired) electrons. The third kappa shape index (κ3) is 3.70. The van der Waals surface area contributed by atoms with Gasteiger partial charge in [-0.3, -0.25) is 4.68 Å². The Morgan fingerprint density at radius 1 is 1.24 bits per heavy atom. The Balaban J connectivity index is 1.82. The largest absolute Gasteiger partial charge is 0.314 e. The van der Waals surface area contributed by atoms with E-state index in [1.807, 2.05) is 6.20 Å². The molecule has 2 unspecified atom stereocenters. The molecule has 0 bridgehead atoms. The van der Waals surface area contributed by atoms with Gasteiger partial charge in [-0.1, -0.05) is 19.3 Å². The Morgan fingerprint density at radius 3 is 2.71 bits per heavy atom. The lowest BCUT2D eigenvalue weighted by Crippen LogP contribution is -2.29. The summed E-state index contributed by atoms with van der Waals surface area (Å²) in [5.41, 5.74) is 1.44. The highest BCUT2D eigenvalue weighted by Crippen LogP contribution is 2.40. The second-order valence-electron chi connectivity index (χ2n) is 7.10. The molecule has 1 aromatic rings. The van der Waals surface area contributed by atoms with E-state index in [-0.39, 0.29) is 0 Å². The average Bonchev–Trinajstić information content (AvgIpc) is 3.23. The first kappa shape index (κ1) is 15.5. The molecule has 0 aromatic carbocycles. The molecule has 2 aliphatic carbocycles. The van der Waals surface area contributed by atoms with Crippen molar-refractivity contribution < 1.29 is 0 Å². The van der Waals surface area contributed by atoms with Crippen molar-refractivity contribution in [1.29, 1.82) is 0 Å². The van der Waals surface area contributed by atoms with E-state index in [4.69, 9.17) is 0 Å². The number of hydrogen-bond acceptors (Lipinski definition) is 2. The summed E-state index contributed by atoms with van der Waals surface area (Å²) in [6.45, 7) is 5.65. The predicted molar refractivity (Wildman–Crippen MR) is 90.7 cm³/mol. The number of rotatable bonds is 5. The van der Waals surface area contributed by atoms with Gasteiger partial charge >= 0.3 is 0 Å². The lowest BCUT2D eigenvalue weighted by atomic mass is 9.85. The van der Waals surface area contributed by atoms with Crippen molar-refractivity contribution in [3.05, 3.63) is 16.4 Å². The molecule has 2 saturated carbocycles. The minimum Gasteiger partial charge on any atom is -0.314 e. The maximum absolute atomic E-state index is 4.61. The van der Waals surface area contributed by atoms with Gasteiger partial charge in [0.05, 0.1) is 16.4 Å². The summed E-state index contributed by atoms with van der Waals surface area (Å²) < 4.78 is 3.45. The van der Waals surface area contributed by atoms with Crippen LogP contribution in [0.5, 0.6) is 0 Å². The van der Waals surface area contributed by atoms with Gasteiger partial charge in [0.1, 0.15) is 0 Å². The van der Waals surface area contributed by atoms with E-state index in [0.717, 1.165) is 12.0 Å². The predicted octanol–water partition coefficient (Wildman–Crippen LogP) is 4.64. The highest BCUT2D eigenvalue weighted by atomic mass is 79.9. The second kappa shape index (κ2) is 6.82. The number of hydrogen-bond donors (Lipinski definition) is 1. The quantitative estimate of drug-likeness (QED) is 0.781. The number of halogens is 1. The summed E-state index contributed by atoms with van der Waals surface area (Å²) in [5.74, 6) is 1.41. The lowest BCUT2D eigenvalue weighted by molar-refractivity contribution is 0.347. The normalized spacial score (nSPS) is 27.0. The van der Waals surface area contributed by atoms with Gasteiger partial charge in [-0.25, -0.2) is 0 Å². The van der Waals surface area contributed by atoms with Crippen LogP contribution in [0, 0.1) is 5.92 Å². The van der Waals surface area contributed by atoms with Crippen molar-refractivity contribution in [3.8, 4) is 0 Å². The van der Waals surface area contributed by atoms with Crippen molar-refractivity contribution in [1.82, 2.24) is 15.1 Å².